The van der Waals surface area contributed by atoms with Gasteiger partial charge >= 0.3 is 0 Å². The predicted octanol–water partition coefficient (Wildman–Crippen LogP) is 1.21. The molecule has 0 saturated carbocycles. The van der Waals surface area contributed by atoms with Crippen LogP contribution in [0.4, 0.5) is 0 Å². The highest BCUT2D eigenvalue weighted by atomic mass is 32.2. The zero-order valence-electron chi connectivity index (χ0n) is 12.8. The Morgan fingerprint density at radius 2 is 2.00 bits per heavy atom. The third-order valence-electron chi connectivity index (χ3n) is 3.27. The van der Waals surface area contributed by atoms with Gasteiger partial charge in [0.2, 0.25) is 10.0 Å². The van der Waals surface area contributed by atoms with Crippen LogP contribution < -0.4 is 4.72 Å². The molecule has 0 radical (unpaired) electrons. The van der Waals surface area contributed by atoms with Crippen molar-refractivity contribution in [1.82, 2.24) is 24.7 Å². The fraction of sp³-hybridized carbons (Fsp3) is 0.538. The van der Waals surface area contributed by atoms with Crippen molar-refractivity contribution in [2.45, 2.75) is 45.6 Å². The Morgan fingerprint density at radius 3 is 2.52 bits per heavy atom. The third kappa shape index (κ3) is 3.51. The molecule has 21 heavy (non-hydrogen) atoms. The summed E-state index contributed by atoms with van der Waals surface area (Å²) < 4.78 is 28.9. The van der Waals surface area contributed by atoms with Gasteiger partial charge in [-0.1, -0.05) is 0 Å². The lowest BCUT2D eigenvalue weighted by Crippen LogP contribution is -2.26. The largest absolute Gasteiger partial charge is 0.281 e. The first kappa shape index (κ1) is 15.7. The standard InChI is InChI=1S/C13H21N5O2S/c1-9-8-10(2)18(17-9)7-5-6-14-21(19,20)13-11(3)15-16-12(13)4/h8,14H,5-7H2,1-4H3,(H,15,16). The summed E-state index contributed by atoms with van der Waals surface area (Å²) in [5, 5.41) is 10.9. The Kier molecular flexibility index (Phi) is 4.48. The summed E-state index contributed by atoms with van der Waals surface area (Å²) in [6.07, 6.45) is 0.678. The number of H-pyrrole nitrogens is 1. The van der Waals surface area contributed by atoms with Crippen LogP contribution in [0.15, 0.2) is 11.0 Å². The third-order valence-corrected chi connectivity index (χ3v) is 4.99. The molecule has 0 aliphatic carbocycles. The van der Waals surface area contributed by atoms with Gasteiger partial charge in [0.1, 0.15) is 4.90 Å². The second kappa shape index (κ2) is 5.98. The van der Waals surface area contributed by atoms with E-state index in [-0.39, 0.29) is 4.90 Å². The number of aryl methyl sites for hydroxylation is 5. The maximum absolute atomic E-state index is 12.2. The molecule has 0 fully saturated rings. The first-order valence-corrected chi connectivity index (χ1v) is 8.32. The second-order valence-electron chi connectivity index (χ2n) is 5.16. The lowest BCUT2D eigenvalue weighted by molar-refractivity contribution is 0.543. The molecule has 2 heterocycles. The summed E-state index contributed by atoms with van der Waals surface area (Å²) in [6, 6.07) is 2.00. The van der Waals surface area contributed by atoms with Gasteiger partial charge in [0, 0.05) is 18.8 Å². The van der Waals surface area contributed by atoms with E-state index >= 15 is 0 Å². The molecule has 0 aliphatic rings. The lowest BCUT2D eigenvalue weighted by atomic mass is 10.4. The number of aromatic amines is 1. The number of rotatable bonds is 6. The number of hydrogen-bond donors (Lipinski definition) is 2. The molecule has 0 aromatic carbocycles. The van der Waals surface area contributed by atoms with E-state index in [0.29, 0.717) is 30.9 Å². The smallest absolute Gasteiger partial charge is 0.244 e. The number of nitrogens with one attached hydrogen (secondary N) is 2. The minimum absolute atomic E-state index is 0.244. The van der Waals surface area contributed by atoms with Gasteiger partial charge in [-0.2, -0.15) is 10.2 Å². The molecule has 0 aliphatic heterocycles. The van der Waals surface area contributed by atoms with Crippen molar-refractivity contribution in [3.8, 4) is 0 Å². The molecule has 8 heteroatoms. The minimum Gasteiger partial charge on any atom is -0.281 e. The normalized spacial score (nSPS) is 12.0. The average molecular weight is 311 g/mol. The Hall–Kier alpha value is -1.67. The Labute approximate surface area is 124 Å². The molecule has 0 amide bonds. The van der Waals surface area contributed by atoms with E-state index in [2.05, 4.69) is 20.0 Å². The van der Waals surface area contributed by atoms with E-state index in [1.807, 2.05) is 24.6 Å². The van der Waals surface area contributed by atoms with Gasteiger partial charge < -0.3 is 0 Å². The van der Waals surface area contributed by atoms with Gasteiger partial charge in [-0.3, -0.25) is 9.78 Å². The number of sulfonamides is 1. The van der Waals surface area contributed by atoms with E-state index in [1.54, 1.807) is 13.8 Å². The highest BCUT2D eigenvalue weighted by Gasteiger charge is 2.21. The molecule has 0 atom stereocenters. The lowest BCUT2D eigenvalue weighted by Gasteiger charge is -2.08. The summed E-state index contributed by atoms with van der Waals surface area (Å²) in [4.78, 5) is 0.244. The molecule has 0 spiro atoms. The zero-order valence-corrected chi connectivity index (χ0v) is 13.6. The van der Waals surface area contributed by atoms with Gasteiger partial charge in [0.25, 0.3) is 0 Å². The molecule has 116 valence electrons. The van der Waals surface area contributed by atoms with Crippen molar-refractivity contribution in [3.63, 3.8) is 0 Å². The van der Waals surface area contributed by atoms with Crippen molar-refractivity contribution in [1.29, 1.82) is 0 Å². The molecule has 7 nitrogen and oxygen atoms in total. The van der Waals surface area contributed by atoms with Gasteiger partial charge in [-0.15, -0.1) is 0 Å². The summed E-state index contributed by atoms with van der Waals surface area (Å²) in [6.45, 7) is 8.35. The van der Waals surface area contributed by atoms with E-state index in [4.69, 9.17) is 0 Å². The van der Waals surface area contributed by atoms with Crippen LogP contribution in [0.25, 0.3) is 0 Å². The Morgan fingerprint density at radius 1 is 1.29 bits per heavy atom. The first-order chi connectivity index (χ1) is 9.81. The summed E-state index contributed by atoms with van der Waals surface area (Å²) in [5.41, 5.74) is 3.09. The van der Waals surface area contributed by atoms with Crippen LogP contribution in [0, 0.1) is 27.7 Å². The molecule has 2 rings (SSSR count). The number of hydrogen-bond acceptors (Lipinski definition) is 4. The van der Waals surface area contributed by atoms with Gasteiger partial charge in [0.05, 0.1) is 17.1 Å². The van der Waals surface area contributed by atoms with Gasteiger partial charge in [0.15, 0.2) is 0 Å². The fourth-order valence-corrected chi connectivity index (χ4v) is 3.79. The summed E-state index contributed by atoms with van der Waals surface area (Å²) in [7, 11) is -3.51. The summed E-state index contributed by atoms with van der Waals surface area (Å²) >= 11 is 0. The highest BCUT2D eigenvalue weighted by Crippen LogP contribution is 2.16. The van der Waals surface area contributed by atoms with E-state index < -0.39 is 10.0 Å². The SMILES string of the molecule is Cc1cc(C)n(CCCNS(=O)(=O)c2c(C)n[nH]c2C)n1. The Bertz CT molecular complexity index is 710. The average Bonchev–Trinajstić information content (AvgIpc) is 2.88. The first-order valence-electron chi connectivity index (χ1n) is 6.83. The molecule has 0 saturated heterocycles. The van der Waals surface area contributed by atoms with Crippen molar-refractivity contribution < 1.29 is 8.42 Å². The molecular formula is C13H21N5O2S. The maximum atomic E-state index is 12.2. The van der Waals surface area contributed by atoms with Crippen LogP contribution in [0.3, 0.4) is 0 Å². The second-order valence-corrected chi connectivity index (χ2v) is 6.87. The molecule has 2 aromatic rings. The van der Waals surface area contributed by atoms with Crippen LogP contribution in [-0.4, -0.2) is 34.9 Å². The molecule has 2 aromatic heterocycles. The minimum atomic E-state index is -3.51. The number of nitrogens with zero attached hydrogens (tertiary/aromatic N) is 3. The van der Waals surface area contributed by atoms with Gasteiger partial charge in [-0.05, 0) is 40.2 Å². The predicted molar refractivity (Wildman–Crippen MR) is 79.6 cm³/mol. The van der Waals surface area contributed by atoms with Crippen molar-refractivity contribution in [2.24, 2.45) is 0 Å². The molecular weight excluding hydrogens is 290 g/mol. The summed E-state index contributed by atoms with van der Waals surface area (Å²) in [5.74, 6) is 0. The number of aromatic nitrogens is 4. The maximum Gasteiger partial charge on any atom is 0.244 e. The molecule has 0 unspecified atom stereocenters. The Balaban J connectivity index is 1.93. The van der Waals surface area contributed by atoms with E-state index in [0.717, 1.165) is 11.4 Å². The van der Waals surface area contributed by atoms with E-state index in [9.17, 15) is 8.42 Å². The van der Waals surface area contributed by atoms with Crippen LogP contribution in [-0.2, 0) is 16.6 Å². The van der Waals surface area contributed by atoms with E-state index in [1.165, 1.54) is 0 Å². The van der Waals surface area contributed by atoms with Crippen molar-refractivity contribution in [3.05, 3.63) is 28.8 Å². The monoisotopic (exact) mass is 311 g/mol. The fourth-order valence-electron chi connectivity index (χ4n) is 2.35. The molecule has 2 N–H and O–H groups in total. The highest BCUT2D eigenvalue weighted by molar-refractivity contribution is 7.89. The molecule has 0 bridgehead atoms. The quantitative estimate of drug-likeness (QED) is 0.784. The zero-order chi connectivity index (χ0) is 15.6. The topological polar surface area (TPSA) is 92.7 Å². The van der Waals surface area contributed by atoms with Crippen molar-refractivity contribution >= 4 is 10.0 Å². The van der Waals surface area contributed by atoms with Crippen molar-refractivity contribution in [2.75, 3.05) is 6.54 Å². The van der Waals surface area contributed by atoms with Crippen LogP contribution >= 0.6 is 0 Å². The van der Waals surface area contributed by atoms with Crippen LogP contribution in [0.1, 0.15) is 29.2 Å². The van der Waals surface area contributed by atoms with Gasteiger partial charge in [-0.25, -0.2) is 13.1 Å². The van der Waals surface area contributed by atoms with Crippen LogP contribution in [0.2, 0.25) is 0 Å². The van der Waals surface area contributed by atoms with Crippen LogP contribution in [0.5, 0.6) is 0 Å².